The molecule has 0 fully saturated rings. The largest absolute Gasteiger partial charge is 0.486 e. The number of ether oxygens (including phenoxy) is 2. The first-order chi connectivity index (χ1) is 15.1. The standard InChI is InChI=1S/C25H32N2O4/c1-3-14-26-25(29)19(2)27(15-13-20-7-5-4-6-8-20)24(28)12-10-21-9-11-22-23(18-21)31-17-16-30-22/h4-9,11,18-19H,3,10,12-17H2,1-2H3,(H,26,29)/t19-/m0/s1. The maximum Gasteiger partial charge on any atom is 0.242 e. The van der Waals surface area contributed by atoms with E-state index in [2.05, 4.69) is 5.32 Å². The Morgan fingerprint density at radius 2 is 1.74 bits per heavy atom. The van der Waals surface area contributed by atoms with E-state index in [1.807, 2.05) is 55.5 Å². The van der Waals surface area contributed by atoms with Crippen LogP contribution in [0.4, 0.5) is 0 Å². The summed E-state index contributed by atoms with van der Waals surface area (Å²) in [4.78, 5) is 27.4. The number of hydrogen-bond donors (Lipinski definition) is 1. The van der Waals surface area contributed by atoms with Crippen molar-refractivity contribution >= 4 is 11.8 Å². The second kappa shape index (κ2) is 11.4. The van der Waals surface area contributed by atoms with Gasteiger partial charge >= 0.3 is 0 Å². The highest BCUT2D eigenvalue weighted by Crippen LogP contribution is 2.31. The highest BCUT2D eigenvalue weighted by atomic mass is 16.6. The van der Waals surface area contributed by atoms with Crippen LogP contribution in [-0.2, 0) is 22.4 Å². The molecule has 0 unspecified atom stereocenters. The molecule has 0 radical (unpaired) electrons. The molecule has 0 saturated carbocycles. The molecule has 0 spiro atoms. The van der Waals surface area contributed by atoms with E-state index in [9.17, 15) is 9.59 Å². The molecular formula is C25H32N2O4. The molecule has 0 aromatic heterocycles. The SMILES string of the molecule is CCCNC(=O)[C@H](C)N(CCc1ccccc1)C(=O)CCc1ccc2c(c1)OCCO2. The van der Waals surface area contributed by atoms with Crippen LogP contribution in [0.1, 0.15) is 37.8 Å². The summed E-state index contributed by atoms with van der Waals surface area (Å²) in [6.07, 6.45) is 2.49. The van der Waals surface area contributed by atoms with Crippen LogP contribution in [-0.4, -0.2) is 49.1 Å². The van der Waals surface area contributed by atoms with Crippen LogP contribution >= 0.6 is 0 Å². The van der Waals surface area contributed by atoms with Gasteiger partial charge in [0.1, 0.15) is 19.3 Å². The first kappa shape index (κ1) is 22.7. The van der Waals surface area contributed by atoms with Gasteiger partial charge < -0.3 is 19.7 Å². The minimum absolute atomic E-state index is 0.0232. The summed E-state index contributed by atoms with van der Waals surface area (Å²) in [5.41, 5.74) is 2.16. The van der Waals surface area contributed by atoms with E-state index in [0.717, 1.165) is 29.0 Å². The third-order valence-electron chi connectivity index (χ3n) is 5.43. The van der Waals surface area contributed by atoms with E-state index in [0.29, 0.717) is 45.6 Å². The van der Waals surface area contributed by atoms with Crippen LogP contribution in [0.5, 0.6) is 11.5 Å². The molecule has 0 saturated heterocycles. The molecule has 6 heteroatoms. The third kappa shape index (κ3) is 6.48. The molecule has 6 nitrogen and oxygen atoms in total. The van der Waals surface area contributed by atoms with Crippen LogP contribution in [0.3, 0.4) is 0 Å². The number of fused-ring (bicyclic) bond motifs is 1. The predicted molar refractivity (Wildman–Crippen MR) is 120 cm³/mol. The molecule has 2 aromatic carbocycles. The lowest BCUT2D eigenvalue weighted by molar-refractivity contribution is -0.139. The summed E-state index contributed by atoms with van der Waals surface area (Å²) in [5.74, 6) is 1.34. The summed E-state index contributed by atoms with van der Waals surface area (Å²) in [6.45, 7) is 6.02. The van der Waals surface area contributed by atoms with Crippen molar-refractivity contribution in [1.29, 1.82) is 0 Å². The predicted octanol–water partition coefficient (Wildman–Crippen LogP) is 3.38. The zero-order valence-corrected chi connectivity index (χ0v) is 18.4. The summed E-state index contributed by atoms with van der Waals surface area (Å²) >= 11 is 0. The molecule has 1 N–H and O–H groups in total. The van der Waals surface area contributed by atoms with Gasteiger partial charge in [0, 0.05) is 19.5 Å². The fourth-order valence-corrected chi connectivity index (χ4v) is 3.60. The number of carbonyl (C=O) groups is 2. The molecule has 166 valence electrons. The summed E-state index contributed by atoms with van der Waals surface area (Å²) in [5, 5.41) is 2.91. The highest BCUT2D eigenvalue weighted by Gasteiger charge is 2.25. The number of nitrogens with zero attached hydrogens (tertiary/aromatic N) is 1. The Labute approximate surface area is 184 Å². The van der Waals surface area contributed by atoms with Gasteiger partial charge in [-0.15, -0.1) is 0 Å². The van der Waals surface area contributed by atoms with Crippen LogP contribution in [0.15, 0.2) is 48.5 Å². The van der Waals surface area contributed by atoms with Crippen molar-refractivity contribution in [2.24, 2.45) is 0 Å². The number of hydrogen-bond acceptors (Lipinski definition) is 4. The van der Waals surface area contributed by atoms with E-state index in [-0.39, 0.29) is 11.8 Å². The molecular weight excluding hydrogens is 392 g/mol. The number of rotatable bonds is 10. The van der Waals surface area contributed by atoms with Crippen molar-refractivity contribution < 1.29 is 19.1 Å². The van der Waals surface area contributed by atoms with E-state index >= 15 is 0 Å². The second-order valence-corrected chi connectivity index (χ2v) is 7.77. The molecule has 0 aliphatic carbocycles. The Bertz CT molecular complexity index is 869. The van der Waals surface area contributed by atoms with Crippen LogP contribution < -0.4 is 14.8 Å². The molecule has 31 heavy (non-hydrogen) atoms. The maximum atomic E-state index is 13.1. The minimum Gasteiger partial charge on any atom is -0.486 e. The fourth-order valence-electron chi connectivity index (χ4n) is 3.60. The Kier molecular flexibility index (Phi) is 8.33. The van der Waals surface area contributed by atoms with E-state index in [1.54, 1.807) is 11.8 Å². The minimum atomic E-state index is -0.511. The van der Waals surface area contributed by atoms with Gasteiger partial charge in [-0.1, -0.05) is 43.3 Å². The maximum absolute atomic E-state index is 13.1. The number of amides is 2. The number of aryl methyl sites for hydroxylation is 1. The second-order valence-electron chi connectivity index (χ2n) is 7.77. The summed E-state index contributed by atoms with van der Waals surface area (Å²) < 4.78 is 11.2. The first-order valence-corrected chi connectivity index (χ1v) is 11.1. The molecule has 3 rings (SSSR count). The number of carbonyl (C=O) groups excluding carboxylic acids is 2. The van der Waals surface area contributed by atoms with Crippen molar-refractivity contribution in [3.8, 4) is 11.5 Å². The quantitative estimate of drug-likeness (QED) is 0.635. The zero-order valence-electron chi connectivity index (χ0n) is 18.4. The van der Waals surface area contributed by atoms with Crippen molar-refractivity contribution in [3.05, 3.63) is 59.7 Å². The van der Waals surface area contributed by atoms with Gasteiger partial charge in [0.15, 0.2) is 11.5 Å². The van der Waals surface area contributed by atoms with Crippen LogP contribution in [0.25, 0.3) is 0 Å². The van der Waals surface area contributed by atoms with Crippen LogP contribution in [0, 0.1) is 0 Å². The molecule has 1 heterocycles. The van der Waals surface area contributed by atoms with Crippen molar-refractivity contribution in [1.82, 2.24) is 10.2 Å². The average Bonchev–Trinajstić information content (AvgIpc) is 2.81. The summed E-state index contributed by atoms with van der Waals surface area (Å²) in [7, 11) is 0. The van der Waals surface area contributed by atoms with Crippen molar-refractivity contribution in [3.63, 3.8) is 0 Å². The van der Waals surface area contributed by atoms with E-state index in [4.69, 9.17) is 9.47 Å². The van der Waals surface area contributed by atoms with Gasteiger partial charge in [0.2, 0.25) is 11.8 Å². The fraction of sp³-hybridized carbons (Fsp3) is 0.440. The topological polar surface area (TPSA) is 67.9 Å². The highest BCUT2D eigenvalue weighted by molar-refractivity contribution is 5.87. The van der Waals surface area contributed by atoms with Gasteiger partial charge in [-0.25, -0.2) is 0 Å². The normalized spacial score (nSPS) is 13.4. The Morgan fingerprint density at radius 3 is 2.48 bits per heavy atom. The van der Waals surface area contributed by atoms with Gasteiger partial charge in [-0.2, -0.15) is 0 Å². The van der Waals surface area contributed by atoms with Crippen LogP contribution in [0.2, 0.25) is 0 Å². The van der Waals surface area contributed by atoms with E-state index < -0.39 is 6.04 Å². The van der Waals surface area contributed by atoms with E-state index in [1.165, 1.54) is 0 Å². The Morgan fingerprint density at radius 1 is 1.00 bits per heavy atom. The molecule has 1 aliphatic rings. The lowest BCUT2D eigenvalue weighted by Gasteiger charge is -2.29. The zero-order chi connectivity index (χ0) is 22.1. The van der Waals surface area contributed by atoms with Gasteiger partial charge in [-0.3, -0.25) is 9.59 Å². The van der Waals surface area contributed by atoms with Crippen molar-refractivity contribution in [2.75, 3.05) is 26.3 Å². The Hall–Kier alpha value is -3.02. The number of nitrogens with one attached hydrogen (secondary N) is 1. The van der Waals surface area contributed by atoms with Crippen molar-refractivity contribution in [2.45, 2.75) is 45.6 Å². The molecule has 1 atom stereocenters. The molecule has 1 aliphatic heterocycles. The molecule has 2 amide bonds. The molecule has 2 aromatic rings. The first-order valence-electron chi connectivity index (χ1n) is 11.1. The smallest absolute Gasteiger partial charge is 0.242 e. The number of benzene rings is 2. The lowest BCUT2D eigenvalue weighted by Crippen LogP contribution is -2.49. The van der Waals surface area contributed by atoms with Gasteiger partial charge in [0.25, 0.3) is 0 Å². The Balaban J connectivity index is 1.64. The lowest BCUT2D eigenvalue weighted by atomic mass is 10.1. The average molecular weight is 425 g/mol. The third-order valence-corrected chi connectivity index (χ3v) is 5.43. The summed E-state index contributed by atoms with van der Waals surface area (Å²) in [6, 6.07) is 15.3. The van der Waals surface area contributed by atoms with Gasteiger partial charge in [0.05, 0.1) is 0 Å². The monoisotopic (exact) mass is 424 g/mol. The molecule has 0 bridgehead atoms. The van der Waals surface area contributed by atoms with Gasteiger partial charge in [-0.05, 0) is 49.4 Å².